The molecule has 5 heteroatoms. The Balaban J connectivity index is 1.63. The number of rotatable bonds is 11. The van der Waals surface area contributed by atoms with E-state index in [2.05, 4.69) is 54.6 Å². The van der Waals surface area contributed by atoms with E-state index >= 15 is 0 Å². The van der Waals surface area contributed by atoms with E-state index in [-0.39, 0.29) is 0 Å². The van der Waals surface area contributed by atoms with Gasteiger partial charge in [0.05, 0.1) is 25.5 Å². The van der Waals surface area contributed by atoms with Crippen molar-refractivity contribution in [3.8, 4) is 22.8 Å². The maximum absolute atomic E-state index is 5.89. The Bertz CT molecular complexity index is 867. The summed E-state index contributed by atoms with van der Waals surface area (Å²) in [7, 11) is 0. The highest BCUT2D eigenvalue weighted by molar-refractivity contribution is 5.62. The molecule has 154 valence electrons. The van der Waals surface area contributed by atoms with Gasteiger partial charge < -0.3 is 14.2 Å². The minimum absolute atomic E-state index is 0.520. The third-order valence-electron chi connectivity index (χ3n) is 4.60. The molecule has 5 nitrogen and oxygen atoms in total. The molecule has 0 aliphatic carbocycles. The van der Waals surface area contributed by atoms with E-state index in [0.717, 1.165) is 47.0 Å². The van der Waals surface area contributed by atoms with Crippen molar-refractivity contribution in [2.24, 2.45) is 0 Å². The molecule has 0 unspecified atom stereocenters. The van der Waals surface area contributed by atoms with Crippen molar-refractivity contribution in [1.29, 1.82) is 0 Å². The van der Waals surface area contributed by atoms with E-state index in [9.17, 15) is 0 Å². The summed E-state index contributed by atoms with van der Waals surface area (Å²) in [6, 6.07) is 14.4. The van der Waals surface area contributed by atoms with E-state index in [4.69, 9.17) is 14.2 Å². The summed E-state index contributed by atoms with van der Waals surface area (Å²) in [5.41, 5.74) is 4.52. The molecule has 0 bridgehead atoms. The molecule has 0 spiro atoms. The number of hydrogen-bond donors (Lipinski definition) is 0. The molecule has 1 aromatic heterocycles. The van der Waals surface area contributed by atoms with Gasteiger partial charge in [-0.25, -0.2) is 4.98 Å². The Morgan fingerprint density at radius 1 is 0.862 bits per heavy atom. The number of ether oxygens (including phenoxy) is 3. The van der Waals surface area contributed by atoms with Crippen molar-refractivity contribution in [2.75, 3.05) is 33.0 Å². The summed E-state index contributed by atoms with van der Waals surface area (Å²) in [5, 5.41) is 0. The number of benzene rings is 2. The number of nitrogens with zero attached hydrogens (tertiary/aromatic N) is 2. The zero-order chi connectivity index (χ0) is 20.5. The Kier molecular flexibility index (Phi) is 7.85. The average molecular weight is 395 g/mol. The monoisotopic (exact) mass is 394 g/mol. The molecule has 0 amide bonds. The lowest BCUT2D eigenvalue weighted by molar-refractivity contribution is 0.0366. The molecular formula is C24H30N2O3. The summed E-state index contributed by atoms with van der Waals surface area (Å²) in [5.74, 6) is 1.79. The zero-order valence-corrected chi connectivity index (χ0v) is 17.6. The normalized spacial score (nSPS) is 11.0. The highest BCUT2D eigenvalue weighted by atomic mass is 16.5. The van der Waals surface area contributed by atoms with Crippen LogP contribution in [0.3, 0.4) is 0 Å². The minimum Gasteiger partial charge on any atom is -0.491 e. The van der Waals surface area contributed by atoms with Crippen LogP contribution >= 0.6 is 0 Å². The van der Waals surface area contributed by atoms with Crippen LogP contribution in [0.1, 0.15) is 24.5 Å². The van der Waals surface area contributed by atoms with Gasteiger partial charge in [-0.2, -0.15) is 0 Å². The maximum atomic E-state index is 5.89. The predicted molar refractivity (Wildman–Crippen MR) is 116 cm³/mol. The van der Waals surface area contributed by atoms with Gasteiger partial charge in [0.1, 0.15) is 18.2 Å². The third kappa shape index (κ3) is 5.68. The lowest BCUT2D eigenvalue weighted by Crippen LogP contribution is -2.11. The molecule has 0 aliphatic rings. The number of hydrogen-bond acceptors (Lipinski definition) is 4. The summed E-state index contributed by atoms with van der Waals surface area (Å²) >= 11 is 0. The summed E-state index contributed by atoms with van der Waals surface area (Å²) in [4.78, 5) is 4.57. The predicted octanol–water partition coefficient (Wildman–Crippen LogP) is 4.98. The van der Waals surface area contributed by atoms with Crippen LogP contribution in [0.4, 0.5) is 0 Å². The second kappa shape index (κ2) is 10.8. The van der Waals surface area contributed by atoms with Gasteiger partial charge in [-0.3, -0.25) is 4.57 Å². The van der Waals surface area contributed by atoms with Crippen molar-refractivity contribution in [1.82, 2.24) is 9.55 Å². The van der Waals surface area contributed by atoms with Crippen LogP contribution < -0.4 is 4.74 Å². The fourth-order valence-corrected chi connectivity index (χ4v) is 3.35. The van der Waals surface area contributed by atoms with Gasteiger partial charge in [-0.1, -0.05) is 37.3 Å². The maximum Gasteiger partial charge on any atom is 0.144 e. The number of imidazole rings is 1. The topological polar surface area (TPSA) is 45.5 Å². The van der Waals surface area contributed by atoms with E-state index in [1.54, 1.807) is 0 Å². The molecule has 0 radical (unpaired) electrons. The molecule has 0 N–H and O–H groups in total. The second-order valence-corrected chi connectivity index (χ2v) is 6.97. The highest BCUT2D eigenvalue weighted by Gasteiger charge is 2.13. The SMILES string of the molecule is CCCOCCOCCOc1cc(C)c(-n2ccnc2-c2ccccc2)c(C)c1. The minimum atomic E-state index is 0.520. The average Bonchev–Trinajstić information content (AvgIpc) is 3.19. The molecule has 0 saturated carbocycles. The first-order chi connectivity index (χ1) is 14.2. The lowest BCUT2D eigenvalue weighted by Gasteiger charge is -2.16. The largest absolute Gasteiger partial charge is 0.491 e. The van der Waals surface area contributed by atoms with Crippen molar-refractivity contribution >= 4 is 0 Å². The van der Waals surface area contributed by atoms with Crippen LogP contribution in [-0.4, -0.2) is 42.6 Å². The summed E-state index contributed by atoms with van der Waals surface area (Å²) < 4.78 is 19.0. The number of aryl methyl sites for hydroxylation is 2. The van der Waals surface area contributed by atoms with Crippen LogP contribution in [0.25, 0.3) is 17.1 Å². The first-order valence-corrected chi connectivity index (χ1v) is 10.2. The molecule has 0 atom stereocenters. The van der Waals surface area contributed by atoms with Crippen LogP contribution in [0.5, 0.6) is 5.75 Å². The fraction of sp³-hybridized carbons (Fsp3) is 0.375. The first kappa shape index (κ1) is 21.1. The van der Waals surface area contributed by atoms with E-state index in [1.807, 2.05) is 30.6 Å². The van der Waals surface area contributed by atoms with E-state index < -0.39 is 0 Å². The van der Waals surface area contributed by atoms with Gasteiger partial charge in [0, 0.05) is 24.6 Å². The van der Waals surface area contributed by atoms with Crippen LogP contribution in [0, 0.1) is 13.8 Å². The van der Waals surface area contributed by atoms with Crippen molar-refractivity contribution in [3.05, 3.63) is 66.0 Å². The molecule has 0 saturated heterocycles. The van der Waals surface area contributed by atoms with Gasteiger partial charge in [0.15, 0.2) is 0 Å². The quantitative estimate of drug-likeness (QED) is 0.430. The fourth-order valence-electron chi connectivity index (χ4n) is 3.35. The smallest absolute Gasteiger partial charge is 0.144 e. The summed E-state index contributed by atoms with van der Waals surface area (Å²) in [6.07, 6.45) is 4.88. The van der Waals surface area contributed by atoms with Gasteiger partial charge in [-0.05, 0) is 43.5 Å². The van der Waals surface area contributed by atoms with Crippen LogP contribution in [0.15, 0.2) is 54.9 Å². The Labute approximate surface area is 173 Å². The van der Waals surface area contributed by atoms with Crippen molar-refractivity contribution < 1.29 is 14.2 Å². The van der Waals surface area contributed by atoms with Crippen LogP contribution in [0.2, 0.25) is 0 Å². The Morgan fingerprint density at radius 3 is 2.21 bits per heavy atom. The Hall–Kier alpha value is -2.63. The van der Waals surface area contributed by atoms with Gasteiger partial charge in [-0.15, -0.1) is 0 Å². The number of aromatic nitrogens is 2. The third-order valence-corrected chi connectivity index (χ3v) is 4.60. The molecule has 29 heavy (non-hydrogen) atoms. The standard InChI is InChI=1S/C24H30N2O3/c1-4-12-27-13-14-28-15-16-29-22-17-19(2)23(20(3)18-22)26-11-10-25-24(26)21-8-6-5-7-9-21/h5-11,17-18H,4,12-16H2,1-3H3. The second-order valence-electron chi connectivity index (χ2n) is 6.97. The first-order valence-electron chi connectivity index (χ1n) is 10.2. The van der Waals surface area contributed by atoms with Gasteiger partial charge >= 0.3 is 0 Å². The molecule has 0 aliphatic heterocycles. The molecule has 1 heterocycles. The molecular weight excluding hydrogens is 364 g/mol. The summed E-state index contributed by atoms with van der Waals surface area (Å²) in [6.45, 7) is 9.39. The van der Waals surface area contributed by atoms with Crippen LogP contribution in [-0.2, 0) is 9.47 Å². The van der Waals surface area contributed by atoms with Gasteiger partial charge in [0.2, 0.25) is 0 Å². The lowest BCUT2D eigenvalue weighted by atomic mass is 10.1. The van der Waals surface area contributed by atoms with Gasteiger partial charge in [0.25, 0.3) is 0 Å². The molecule has 0 fully saturated rings. The highest BCUT2D eigenvalue weighted by Crippen LogP contribution is 2.29. The van der Waals surface area contributed by atoms with E-state index in [1.165, 1.54) is 0 Å². The Morgan fingerprint density at radius 2 is 1.52 bits per heavy atom. The zero-order valence-electron chi connectivity index (χ0n) is 17.6. The van der Waals surface area contributed by atoms with E-state index in [0.29, 0.717) is 26.4 Å². The van der Waals surface area contributed by atoms with Crippen molar-refractivity contribution in [2.45, 2.75) is 27.2 Å². The molecule has 2 aromatic carbocycles. The molecule has 3 aromatic rings. The van der Waals surface area contributed by atoms with Crippen molar-refractivity contribution in [3.63, 3.8) is 0 Å². The molecule has 3 rings (SSSR count).